The van der Waals surface area contributed by atoms with Crippen LogP contribution in [0.25, 0.3) is 0 Å². The quantitative estimate of drug-likeness (QED) is 0.787. The lowest BCUT2D eigenvalue weighted by Crippen LogP contribution is -2.41. The van der Waals surface area contributed by atoms with E-state index < -0.39 is 0 Å². The number of ether oxygens (including phenoxy) is 2. The topological polar surface area (TPSA) is 54.9 Å². The summed E-state index contributed by atoms with van der Waals surface area (Å²) >= 11 is 0. The van der Waals surface area contributed by atoms with Crippen LogP contribution in [-0.2, 0) is 6.42 Å². The Morgan fingerprint density at radius 1 is 1.26 bits per heavy atom. The maximum Gasteiger partial charge on any atom is 0.231 e. The van der Waals surface area contributed by atoms with Crippen LogP contribution in [0.4, 0.5) is 0 Å². The molecular formula is C13H18IN3O2. The van der Waals surface area contributed by atoms with Crippen molar-refractivity contribution in [1.82, 2.24) is 10.6 Å². The first-order valence-corrected chi connectivity index (χ1v) is 6.32. The molecule has 6 heteroatoms. The van der Waals surface area contributed by atoms with Crippen LogP contribution in [0.3, 0.4) is 0 Å². The molecule has 1 aromatic rings. The van der Waals surface area contributed by atoms with E-state index in [9.17, 15) is 0 Å². The van der Waals surface area contributed by atoms with E-state index in [1.165, 1.54) is 5.56 Å². The highest BCUT2D eigenvalue weighted by Gasteiger charge is 2.13. The van der Waals surface area contributed by atoms with Gasteiger partial charge in [-0.2, -0.15) is 0 Å². The van der Waals surface area contributed by atoms with Gasteiger partial charge in [0.1, 0.15) is 0 Å². The smallest absolute Gasteiger partial charge is 0.231 e. The molecular weight excluding hydrogens is 357 g/mol. The van der Waals surface area contributed by atoms with Crippen molar-refractivity contribution < 1.29 is 9.47 Å². The molecule has 0 spiro atoms. The van der Waals surface area contributed by atoms with Gasteiger partial charge in [-0.3, -0.25) is 4.99 Å². The number of hydrogen-bond acceptors (Lipinski definition) is 5. The molecule has 2 heterocycles. The molecule has 0 bridgehead atoms. The summed E-state index contributed by atoms with van der Waals surface area (Å²) in [6.45, 7) is 3.12. The summed E-state index contributed by atoms with van der Waals surface area (Å²) in [7, 11) is 0. The monoisotopic (exact) mass is 375 g/mol. The molecule has 2 aliphatic rings. The number of halogens is 1. The van der Waals surface area contributed by atoms with Crippen molar-refractivity contribution >= 4 is 29.9 Å². The fraction of sp³-hybridized carbons (Fsp3) is 0.462. The van der Waals surface area contributed by atoms with E-state index in [1.807, 2.05) is 12.1 Å². The number of nitrogens with zero attached hydrogens (tertiary/aromatic N) is 1. The molecule has 2 N–H and O–H groups in total. The molecule has 0 aliphatic carbocycles. The molecule has 0 saturated heterocycles. The van der Waals surface area contributed by atoms with Gasteiger partial charge in [-0.15, -0.1) is 24.0 Å². The van der Waals surface area contributed by atoms with Crippen LogP contribution < -0.4 is 20.1 Å². The summed E-state index contributed by atoms with van der Waals surface area (Å²) in [5.74, 6) is 2.60. The lowest BCUT2D eigenvalue weighted by Gasteiger charge is -2.15. The lowest BCUT2D eigenvalue weighted by atomic mass is 10.1. The maximum atomic E-state index is 5.36. The number of nitrogens with one attached hydrogen (secondary N) is 2. The highest BCUT2D eigenvalue weighted by molar-refractivity contribution is 14.0. The summed E-state index contributed by atoms with van der Waals surface area (Å²) in [5, 5.41) is 6.55. The molecule has 1 aromatic carbocycles. The predicted molar refractivity (Wildman–Crippen MR) is 84.6 cm³/mol. The molecule has 2 aliphatic heterocycles. The van der Waals surface area contributed by atoms with E-state index in [0.29, 0.717) is 6.79 Å². The Balaban J connectivity index is 0.00000133. The summed E-state index contributed by atoms with van der Waals surface area (Å²) < 4.78 is 10.6. The van der Waals surface area contributed by atoms with E-state index >= 15 is 0 Å². The fourth-order valence-corrected chi connectivity index (χ4v) is 2.07. The second-order valence-electron chi connectivity index (χ2n) is 4.38. The first-order valence-electron chi connectivity index (χ1n) is 6.32. The van der Waals surface area contributed by atoms with Crippen molar-refractivity contribution in [3.8, 4) is 11.5 Å². The highest BCUT2D eigenvalue weighted by atomic mass is 127. The van der Waals surface area contributed by atoms with Crippen LogP contribution in [0.15, 0.2) is 23.2 Å². The van der Waals surface area contributed by atoms with Gasteiger partial charge in [-0.25, -0.2) is 0 Å². The van der Waals surface area contributed by atoms with Crippen LogP contribution in [0.5, 0.6) is 11.5 Å². The Hall–Kier alpha value is -1.18. The van der Waals surface area contributed by atoms with Crippen molar-refractivity contribution in [1.29, 1.82) is 0 Å². The minimum absolute atomic E-state index is 0. The third-order valence-corrected chi connectivity index (χ3v) is 3.04. The zero-order valence-corrected chi connectivity index (χ0v) is 13.0. The molecule has 0 fully saturated rings. The second-order valence-corrected chi connectivity index (χ2v) is 4.38. The van der Waals surface area contributed by atoms with Gasteiger partial charge < -0.3 is 20.1 Å². The van der Waals surface area contributed by atoms with Crippen molar-refractivity contribution in [3.05, 3.63) is 23.8 Å². The average molecular weight is 375 g/mol. The van der Waals surface area contributed by atoms with E-state index in [4.69, 9.17) is 9.47 Å². The summed E-state index contributed by atoms with van der Waals surface area (Å²) in [4.78, 5) is 4.37. The number of rotatable bonds is 3. The first-order chi connectivity index (χ1) is 8.92. The van der Waals surface area contributed by atoms with Crippen LogP contribution in [-0.4, -0.2) is 32.4 Å². The minimum Gasteiger partial charge on any atom is -0.454 e. The molecule has 0 radical (unpaired) electrons. The molecule has 3 rings (SSSR count). The third-order valence-electron chi connectivity index (χ3n) is 3.04. The molecule has 5 nitrogen and oxygen atoms in total. The normalized spacial score (nSPS) is 16.1. The number of benzene rings is 1. The summed E-state index contributed by atoms with van der Waals surface area (Å²) in [5.41, 5.74) is 1.24. The Morgan fingerprint density at radius 3 is 3.00 bits per heavy atom. The molecule has 104 valence electrons. The van der Waals surface area contributed by atoms with E-state index in [2.05, 4.69) is 21.7 Å². The minimum atomic E-state index is 0. The van der Waals surface area contributed by atoms with Gasteiger partial charge >= 0.3 is 0 Å². The van der Waals surface area contributed by atoms with Gasteiger partial charge in [-0.05, 0) is 30.5 Å². The Morgan fingerprint density at radius 2 is 2.16 bits per heavy atom. The van der Waals surface area contributed by atoms with Crippen molar-refractivity contribution in [2.24, 2.45) is 4.99 Å². The summed E-state index contributed by atoms with van der Waals surface area (Å²) in [6.07, 6.45) is 2.06. The summed E-state index contributed by atoms with van der Waals surface area (Å²) in [6, 6.07) is 6.08. The molecule has 0 atom stereocenters. The SMILES string of the molecule is I.c1cc2c(cc1CCNC1=NCCCN1)OCO2. The largest absolute Gasteiger partial charge is 0.454 e. The zero-order valence-electron chi connectivity index (χ0n) is 10.6. The van der Waals surface area contributed by atoms with Gasteiger partial charge in [0.25, 0.3) is 0 Å². The van der Waals surface area contributed by atoms with Crippen molar-refractivity contribution in [2.75, 3.05) is 26.4 Å². The van der Waals surface area contributed by atoms with Crippen LogP contribution in [0.2, 0.25) is 0 Å². The first kappa shape index (κ1) is 14.2. The van der Waals surface area contributed by atoms with Gasteiger partial charge in [0.05, 0.1) is 0 Å². The van der Waals surface area contributed by atoms with Crippen molar-refractivity contribution in [3.63, 3.8) is 0 Å². The highest BCUT2D eigenvalue weighted by Crippen LogP contribution is 2.32. The van der Waals surface area contributed by atoms with Gasteiger partial charge in [0, 0.05) is 19.6 Å². The van der Waals surface area contributed by atoms with E-state index in [0.717, 1.165) is 49.9 Å². The zero-order chi connectivity index (χ0) is 12.2. The second kappa shape index (κ2) is 6.83. The fourth-order valence-electron chi connectivity index (χ4n) is 2.07. The molecule has 0 aromatic heterocycles. The maximum absolute atomic E-state index is 5.36. The van der Waals surface area contributed by atoms with Gasteiger partial charge in [-0.1, -0.05) is 6.07 Å². The lowest BCUT2D eigenvalue weighted by molar-refractivity contribution is 0.174. The van der Waals surface area contributed by atoms with Crippen molar-refractivity contribution in [2.45, 2.75) is 12.8 Å². The molecule has 0 unspecified atom stereocenters. The Kier molecular flexibility index (Phi) is 5.12. The number of fused-ring (bicyclic) bond motifs is 1. The third kappa shape index (κ3) is 3.65. The van der Waals surface area contributed by atoms with E-state index in [-0.39, 0.29) is 24.0 Å². The standard InChI is InChI=1S/C13H17N3O2.HI/c1-5-14-13(15-6-1)16-7-4-10-2-3-11-12(8-10)18-9-17-11;/h2-3,8H,1,4-7,9H2,(H2,14,15,16);1H. The Bertz CT molecular complexity index is 465. The molecule has 0 saturated carbocycles. The number of aliphatic imine (C=N–C) groups is 1. The van der Waals surface area contributed by atoms with Crippen LogP contribution >= 0.6 is 24.0 Å². The number of hydrogen-bond donors (Lipinski definition) is 2. The average Bonchev–Trinajstić information content (AvgIpc) is 2.87. The van der Waals surface area contributed by atoms with Gasteiger partial charge in [0.15, 0.2) is 17.5 Å². The Labute approximate surface area is 129 Å². The van der Waals surface area contributed by atoms with Crippen LogP contribution in [0, 0.1) is 0 Å². The molecule has 19 heavy (non-hydrogen) atoms. The van der Waals surface area contributed by atoms with Gasteiger partial charge in [0.2, 0.25) is 6.79 Å². The number of guanidine groups is 1. The van der Waals surface area contributed by atoms with Crippen LogP contribution in [0.1, 0.15) is 12.0 Å². The molecule has 0 amide bonds. The predicted octanol–water partition coefficient (Wildman–Crippen LogP) is 1.51. The van der Waals surface area contributed by atoms with E-state index in [1.54, 1.807) is 0 Å².